The Hall–Kier alpha value is -2.30. The van der Waals surface area contributed by atoms with Crippen LogP contribution < -0.4 is 4.90 Å². The molecule has 2 aromatic heterocycles. The van der Waals surface area contributed by atoms with Crippen molar-refractivity contribution in [3.8, 4) is 5.82 Å². The van der Waals surface area contributed by atoms with E-state index in [0.29, 0.717) is 36.9 Å². The van der Waals surface area contributed by atoms with Crippen molar-refractivity contribution in [1.29, 1.82) is 0 Å². The molecule has 0 atom stereocenters. The van der Waals surface area contributed by atoms with Crippen LogP contribution in [0.25, 0.3) is 5.82 Å². The highest BCUT2D eigenvalue weighted by atomic mass is 79.9. The Morgan fingerprint density at radius 3 is 2.30 bits per heavy atom. The Labute approximate surface area is 165 Å². The number of aromatic nitrogens is 4. The smallest absolute Gasteiger partial charge is 0.243 e. The van der Waals surface area contributed by atoms with Crippen molar-refractivity contribution in [2.75, 3.05) is 31.1 Å². The van der Waals surface area contributed by atoms with Gasteiger partial charge in [-0.1, -0.05) is 22.0 Å². The van der Waals surface area contributed by atoms with Crippen molar-refractivity contribution in [3.05, 3.63) is 59.3 Å². The van der Waals surface area contributed by atoms with Crippen LogP contribution in [0.3, 0.4) is 0 Å². The molecule has 0 saturated carbocycles. The summed E-state index contributed by atoms with van der Waals surface area (Å²) < 4.78 is 29.5. The number of halogens is 1. The van der Waals surface area contributed by atoms with Crippen molar-refractivity contribution in [2.24, 2.45) is 0 Å². The summed E-state index contributed by atoms with van der Waals surface area (Å²) in [7, 11) is -3.50. The van der Waals surface area contributed by atoms with Crippen molar-refractivity contribution in [1.82, 2.24) is 24.3 Å². The summed E-state index contributed by atoms with van der Waals surface area (Å²) in [5.41, 5.74) is 0. The van der Waals surface area contributed by atoms with Gasteiger partial charge < -0.3 is 4.90 Å². The Kier molecular flexibility index (Phi) is 4.94. The van der Waals surface area contributed by atoms with E-state index in [-0.39, 0.29) is 0 Å². The van der Waals surface area contributed by atoms with Crippen LogP contribution in [0.15, 0.2) is 64.2 Å². The summed E-state index contributed by atoms with van der Waals surface area (Å²) in [5, 5.41) is 12.6. The number of sulfonamides is 1. The van der Waals surface area contributed by atoms with Gasteiger partial charge in [0, 0.05) is 43.0 Å². The molecule has 140 valence electrons. The molecule has 1 aliphatic rings. The van der Waals surface area contributed by atoms with Crippen molar-refractivity contribution in [2.45, 2.75) is 4.90 Å². The average molecular weight is 449 g/mol. The first-order chi connectivity index (χ1) is 13.0. The van der Waals surface area contributed by atoms with Crippen LogP contribution >= 0.6 is 15.9 Å². The zero-order chi connectivity index (χ0) is 18.9. The molecule has 0 spiro atoms. The molecule has 3 heterocycles. The molecule has 1 saturated heterocycles. The molecular weight excluding hydrogens is 432 g/mol. The van der Waals surface area contributed by atoms with Crippen LogP contribution in [0.2, 0.25) is 0 Å². The largest absolute Gasteiger partial charge is 0.352 e. The lowest BCUT2D eigenvalue weighted by atomic mass is 10.3. The third-order valence-corrected chi connectivity index (χ3v) is 6.76. The molecule has 27 heavy (non-hydrogen) atoms. The second kappa shape index (κ2) is 7.37. The predicted molar refractivity (Wildman–Crippen MR) is 104 cm³/mol. The van der Waals surface area contributed by atoms with E-state index in [9.17, 15) is 8.42 Å². The Morgan fingerprint density at radius 1 is 0.926 bits per heavy atom. The number of benzene rings is 1. The molecule has 10 heteroatoms. The molecule has 0 bridgehead atoms. The van der Waals surface area contributed by atoms with E-state index >= 15 is 0 Å². The zero-order valence-electron chi connectivity index (χ0n) is 14.3. The molecule has 1 aromatic carbocycles. The number of nitrogens with zero attached hydrogens (tertiary/aromatic N) is 6. The molecule has 1 fully saturated rings. The maximum absolute atomic E-state index is 12.8. The van der Waals surface area contributed by atoms with Gasteiger partial charge in [-0.3, -0.25) is 0 Å². The molecule has 0 aliphatic carbocycles. The molecule has 0 radical (unpaired) electrons. The summed E-state index contributed by atoms with van der Waals surface area (Å²) in [4.78, 5) is 2.33. The van der Waals surface area contributed by atoms with Crippen molar-refractivity contribution < 1.29 is 8.42 Å². The van der Waals surface area contributed by atoms with E-state index in [4.69, 9.17) is 0 Å². The quantitative estimate of drug-likeness (QED) is 0.606. The second-order valence-corrected chi connectivity index (χ2v) is 8.90. The van der Waals surface area contributed by atoms with Crippen LogP contribution in [0, 0.1) is 0 Å². The van der Waals surface area contributed by atoms with Crippen LogP contribution in [-0.4, -0.2) is 58.9 Å². The first-order valence-electron chi connectivity index (χ1n) is 8.38. The van der Waals surface area contributed by atoms with Gasteiger partial charge in [0.15, 0.2) is 11.6 Å². The minimum Gasteiger partial charge on any atom is -0.352 e. The van der Waals surface area contributed by atoms with Gasteiger partial charge in [-0.05, 0) is 36.4 Å². The van der Waals surface area contributed by atoms with Gasteiger partial charge >= 0.3 is 0 Å². The standard InChI is InChI=1S/C17H17BrN6O2S/c18-14-3-1-4-15(13-14)27(25,26)23-11-9-22(10-12-23)16-5-6-17(21-20-16)24-8-2-7-19-24/h1-8,13H,9-12H2. The number of rotatable bonds is 4. The molecule has 4 rings (SSSR count). The molecular formula is C17H17BrN6O2S. The predicted octanol–water partition coefficient (Wildman–Crippen LogP) is 1.94. The van der Waals surface area contributed by atoms with Crippen LogP contribution in [0.4, 0.5) is 5.82 Å². The summed E-state index contributed by atoms with van der Waals surface area (Å²) >= 11 is 3.33. The lowest BCUT2D eigenvalue weighted by Gasteiger charge is -2.34. The number of hydrogen-bond acceptors (Lipinski definition) is 6. The topological polar surface area (TPSA) is 84.2 Å². The highest BCUT2D eigenvalue weighted by Gasteiger charge is 2.29. The second-order valence-electron chi connectivity index (χ2n) is 6.05. The average Bonchev–Trinajstić information content (AvgIpc) is 3.23. The van der Waals surface area contributed by atoms with Crippen molar-refractivity contribution in [3.63, 3.8) is 0 Å². The minimum atomic E-state index is -3.50. The van der Waals surface area contributed by atoms with Gasteiger partial charge in [-0.15, -0.1) is 10.2 Å². The zero-order valence-corrected chi connectivity index (χ0v) is 16.7. The lowest BCUT2D eigenvalue weighted by Crippen LogP contribution is -2.49. The third-order valence-electron chi connectivity index (χ3n) is 4.37. The van der Waals surface area contributed by atoms with Gasteiger partial charge in [-0.2, -0.15) is 9.40 Å². The van der Waals surface area contributed by atoms with Gasteiger partial charge in [-0.25, -0.2) is 13.1 Å². The minimum absolute atomic E-state index is 0.300. The fourth-order valence-electron chi connectivity index (χ4n) is 2.95. The summed E-state index contributed by atoms with van der Waals surface area (Å²) in [6.07, 6.45) is 3.48. The molecule has 0 amide bonds. The molecule has 8 nitrogen and oxygen atoms in total. The van der Waals surface area contributed by atoms with E-state index in [0.717, 1.165) is 10.3 Å². The van der Waals surface area contributed by atoms with Gasteiger partial charge in [0.25, 0.3) is 0 Å². The van der Waals surface area contributed by atoms with Crippen LogP contribution in [0.1, 0.15) is 0 Å². The van der Waals surface area contributed by atoms with Gasteiger partial charge in [0.05, 0.1) is 4.90 Å². The highest BCUT2D eigenvalue weighted by molar-refractivity contribution is 9.10. The summed E-state index contributed by atoms with van der Waals surface area (Å²) in [6.45, 7) is 1.92. The van der Waals surface area contributed by atoms with E-state index in [1.54, 1.807) is 35.3 Å². The van der Waals surface area contributed by atoms with E-state index in [1.165, 1.54) is 4.31 Å². The molecule has 1 aliphatic heterocycles. The fraction of sp³-hybridized carbons (Fsp3) is 0.235. The van der Waals surface area contributed by atoms with Crippen molar-refractivity contribution >= 4 is 31.8 Å². The summed E-state index contributed by atoms with van der Waals surface area (Å²) in [5.74, 6) is 1.37. The number of anilines is 1. The monoisotopic (exact) mass is 448 g/mol. The molecule has 0 N–H and O–H groups in total. The van der Waals surface area contributed by atoms with Crippen LogP contribution in [-0.2, 0) is 10.0 Å². The van der Waals surface area contributed by atoms with Gasteiger partial charge in [0.1, 0.15) is 0 Å². The maximum Gasteiger partial charge on any atom is 0.243 e. The van der Waals surface area contributed by atoms with E-state index in [2.05, 4.69) is 31.2 Å². The Bertz CT molecular complexity index is 1020. The lowest BCUT2D eigenvalue weighted by molar-refractivity contribution is 0.383. The maximum atomic E-state index is 12.8. The normalized spacial score (nSPS) is 15.8. The fourth-order valence-corrected chi connectivity index (χ4v) is 4.97. The Balaban J connectivity index is 1.44. The number of piperazine rings is 1. The third kappa shape index (κ3) is 3.73. The first kappa shape index (κ1) is 18.1. The molecule has 3 aromatic rings. The Morgan fingerprint density at radius 2 is 1.67 bits per heavy atom. The highest BCUT2D eigenvalue weighted by Crippen LogP contribution is 2.22. The SMILES string of the molecule is O=S(=O)(c1cccc(Br)c1)N1CCN(c2ccc(-n3cccn3)nn2)CC1. The van der Waals surface area contributed by atoms with E-state index in [1.807, 2.05) is 29.2 Å². The van der Waals surface area contributed by atoms with Gasteiger partial charge in [0.2, 0.25) is 10.0 Å². The van der Waals surface area contributed by atoms with Crippen LogP contribution in [0.5, 0.6) is 0 Å². The summed E-state index contributed by atoms with van der Waals surface area (Å²) in [6, 6.07) is 12.3. The first-order valence-corrected chi connectivity index (χ1v) is 10.6. The van der Waals surface area contributed by atoms with E-state index < -0.39 is 10.0 Å². The number of hydrogen-bond donors (Lipinski definition) is 0. The molecule has 0 unspecified atom stereocenters.